The number of ether oxygens (including phenoxy) is 2. The van der Waals surface area contributed by atoms with E-state index in [2.05, 4.69) is 19.9 Å². The van der Waals surface area contributed by atoms with Crippen LogP contribution in [-0.2, 0) is 14.0 Å². The summed E-state index contributed by atoms with van der Waals surface area (Å²) in [5.74, 6) is -1.32. The molecule has 2 aromatic heterocycles. The highest BCUT2D eigenvalue weighted by atomic mass is 35.5. The highest BCUT2D eigenvalue weighted by Crippen LogP contribution is 2.50. The van der Waals surface area contributed by atoms with Crippen molar-refractivity contribution in [3.63, 3.8) is 0 Å². The molecule has 2 aliphatic rings. The molecule has 12 nitrogen and oxygen atoms in total. The van der Waals surface area contributed by atoms with Crippen LogP contribution >= 0.6 is 30.9 Å². The van der Waals surface area contributed by atoms with Crippen molar-refractivity contribution in [3.05, 3.63) is 24.0 Å². The standard InChI is InChI=1S/C20H26Cl2F2N7O5P/c21-1-3-31(4-2-22)37(32,35-19-25-13-15(23)17(27-19)29-5-9-33-10-6-29)36-20-26-14-16(24)18(28-20)30-7-11-34-12-8-30/h13-14H,1-12H2. The molecule has 4 rings (SSSR count). The van der Waals surface area contributed by atoms with E-state index >= 15 is 0 Å². The van der Waals surface area contributed by atoms with Crippen molar-refractivity contribution >= 4 is 42.6 Å². The normalized spacial score (nSPS) is 16.8. The van der Waals surface area contributed by atoms with Crippen LogP contribution in [0.2, 0.25) is 0 Å². The summed E-state index contributed by atoms with van der Waals surface area (Å²) >= 11 is 11.8. The van der Waals surface area contributed by atoms with Crippen LogP contribution in [0, 0.1) is 11.6 Å². The van der Waals surface area contributed by atoms with Crippen molar-refractivity contribution in [1.29, 1.82) is 0 Å². The van der Waals surface area contributed by atoms with Crippen LogP contribution in [0.5, 0.6) is 12.0 Å². The topological polar surface area (TPSA) is 115 Å². The summed E-state index contributed by atoms with van der Waals surface area (Å²) in [6.45, 7) is 3.28. The van der Waals surface area contributed by atoms with Gasteiger partial charge in [0.15, 0.2) is 23.3 Å². The zero-order valence-corrected chi connectivity index (χ0v) is 22.2. The highest BCUT2D eigenvalue weighted by Gasteiger charge is 2.39. The Balaban J connectivity index is 1.65. The number of rotatable bonds is 11. The Morgan fingerprint density at radius 2 is 1.24 bits per heavy atom. The molecular weight excluding hydrogens is 558 g/mol. The van der Waals surface area contributed by atoms with Gasteiger partial charge in [-0.25, -0.2) is 23.3 Å². The van der Waals surface area contributed by atoms with Crippen LogP contribution in [0.25, 0.3) is 0 Å². The van der Waals surface area contributed by atoms with Crippen LogP contribution in [0.1, 0.15) is 0 Å². The molecule has 0 spiro atoms. The Labute approximate surface area is 222 Å². The van der Waals surface area contributed by atoms with Crippen molar-refractivity contribution in [2.45, 2.75) is 0 Å². The lowest BCUT2D eigenvalue weighted by Gasteiger charge is -2.30. The van der Waals surface area contributed by atoms with Gasteiger partial charge in [-0.05, 0) is 0 Å². The zero-order chi connectivity index (χ0) is 26.3. The predicted molar refractivity (Wildman–Crippen MR) is 132 cm³/mol. The van der Waals surface area contributed by atoms with E-state index in [9.17, 15) is 13.3 Å². The lowest BCUT2D eigenvalue weighted by Crippen LogP contribution is -2.37. The second kappa shape index (κ2) is 13.1. The number of hydrogen-bond acceptors (Lipinski definition) is 11. The maximum Gasteiger partial charge on any atom is 0.520 e. The van der Waals surface area contributed by atoms with Crippen LogP contribution in [0.4, 0.5) is 20.4 Å². The lowest BCUT2D eigenvalue weighted by atomic mass is 10.4. The number of nitrogens with zero attached hydrogens (tertiary/aromatic N) is 7. The predicted octanol–water partition coefficient (Wildman–Crippen LogP) is 2.56. The Hall–Kier alpha value is -2.09. The molecule has 0 amide bonds. The Morgan fingerprint density at radius 1 is 0.838 bits per heavy atom. The van der Waals surface area contributed by atoms with E-state index in [0.29, 0.717) is 52.6 Å². The minimum Gasteiger partial charge on any atom is -0.378 e. The Bertz CT molecular complexity index is 1020. The molecule has 0 aromatic carbocycles. The second-order valence-corrected chi connectivity index (χ2v) is 10.5. The third kappa shape index (κ3) is 7.06. The number of aromatic nitrogens is 4. The summed E-state index contributed by atoms with van der Waals surface area (Å²) < 4.78 is 66.3. The third-order valence-electron chi connectivity index (χ3n) is 5.45. The molecule has 2 fully saturated rings. The van der Waals surface area contributed by atoms with E-state index in [1.54, 1.807) is 9.80 Å². The minimum atomic E-state index is -4.37. The van der Waals surface area contributed by atoms with Gasteiger partial charge in [0.05, 0.1) is 38.8 Å². The average molecular weight is 584 g/mol. The van der Waals surface area contributed by atoms with E-state index in [1.807, 2.05) is 0 Å². The summed E-state index contributed by atoms with van der Waals surface area (Å²) in [7, 11) is -4.37. The number of halogens is 4. The third-order valence-corrected chi connectivity index (χ3v) is 7.67. The molecule has 0 bridgehead atoms. The molecule has 2 aliphatic heterocycles. The summed E-state index contributed by atoms with van der Waals surface area (Å²) in [6.07, 6.45) is 1.83. The zero-order valence-electron chi connectivity index (χ0n) is 19.8. The SMILES string of the molecule is O=P(Oc1ncc(F)c(N2CCOCC2)n1)(Oc1ncc(F)c(N2CCOCC2)n1)N(CCCl)CCCl. The van der Waals surface area contributed by atoms with Gasteiger partial charge >= 0.3 is 19.8 Å². The molecule has 0 atom stereocenters. The molecule has 204 valence electrons. The maximum atomic E-state index is 14.5. The van der Waals surface area contributed by atoms with Gasteiger partial charge in [0.1, 0.15) is 0 Å². The molecule has 17 heteroatoms. The average Bonchev–Trinajstić information content (AvgIpc) is 2.92. The van der Waals surface area contributed by atoms with Gasteiger partial charge in [-0.3, -0.25) is 0 Å². The Morgan fingerprint density at radius 3 is 1.62 bits per heavy atom. The van der Waals surface area contributed by atoms with Crippen molar-refractivity contribution in [1.82, 2.24) is 24.6 Å². The number of alkyl halides is 2. The van der Waals surface area contributed by atoms with E-state index in [1.165, 1.54) is 4.67 Å². The van der Waals surface area contributed by atoms with Gasteiger partial charge in [0.25, 0.3) is 0 Å². The summed E-state index contributed by atoms with van der Waals surface area (Å²) in [5, 5.41) is 0. The van der Waals surface area contributed by atoms with Crippen LogP contribution in [0.15, 0.2) is 12.4 Å². The fourth-order valence-electron chi connectivity index (χ4n) is 3.66. The summed E-state index contributed by atoms with van der Waals surface area (Å²) in [6, 6.07) is -0.813. The Kier molecular flexibility index (Phi) is 9.90. The van der Waals surface area contributed by atoms with Crippen LogP contribution < -0.4 is 18.8 Å². The first-order valence-corrected chi connectivity index (χ1v) is 14.1. The van der Waals surface area contributed by atoms with Crippen molar-refractivity contribution in [2.75, 3.05) is 87.3 Å². The van der Waals surface area contributed by atoms with Gasteiger partial charge in [-0.1, -0.05) is 0 Å². The molecule has 0 N–H and O–H groups in total. The largest absolute Gasteiger partial charge is 0.520 e. The maximum absolute atomic E-state index is 14.5. The van der Waals surface area contributed by atoms with Gasteiger partial charge in [0.2, 0.25) is 0 Å². The number of morpholine rings is 2. The van der Waals surface area contributed by atoms with E-state index < -0.39 is 31.4 Å². The molecule has 0 aliphatic carbocycles. The van der Waals surface area contributed by atoms with Gasteiger partial charge in [0, 0.05) is 51.0 Å². The molecule has 0 unspecified atom stereocenters. The van der Waals surface area contributed by atoms with Gasteiger partial charge in [-0.15, -0.1) is 23.2 Å². The highest BCUT2D eigenvalue weighted by molar-refractivity contribution is 7.52. The molecule has 37 heavy (non-hydrogen) atoms. The molecule has 0 saturated carbocycles. The van der Waals surface area contributed by atoms with Crippen LogP contribution in [-0.4, -0.2) is 102 Å². The molecular formula is C20H26Cl2F2N7O5P. The summed E-state index contributed by atoms with van der Waals surface area (Å²) in [5.41, 5.74) is 0. The van der Waals surface area contributed by atoms with E-state index in [4.69, 9.17) is 41.7 Å². The first-order chi connectivity index (χ1) is 17.9. The quantitative estimate of drug-likeness (QED) is 0.286. The first kappa shape index (κ1) is 27.9. The number of anilines is 2. The monoisotopic (exact) mass is 583 g/mol. The van der Waals surface area contributed by atoms with E-state index in [-0.39, 0.29) is 36.5 Å². The van der Waals surface area contributed by atoms with Crippen molar-refractivity contribution in [2.24, 2.45) is 0 Å². The second-order valence-electron chi connectivity index (χ2n) is 7.83. The molecule has 0 radical (unpaired) electrons. The molecule has 2 saturated heterocycles. The summed E-state index contributed by atoms with van der Waals surface area (Å²) in [4.78, 5) is 19.2. The minimum absolute atomic E-state index is 0.0336. The molecule has 2 aromatic rings. The van der Waals surface area contributed by atoms with Gasteiger partial charge < -0.3 is 28.3 Å². The van der Waals surface area contributed by atoms with Crippen molar-refractivity contribution in [3.8, 4) is 12.0 Å². The fourth-order valence-corrected chi connectivity index (χ4v) is 5.85. The molecule has 4 heterocycles. The van der Waals surface area contributed by atoms with Crippen LogP contribution in [0.3, 0.4) is 0 Å². The van der Waals surface area contributed by atoms with Crippen molar-refractivity contribution < 1.29 is 31.9 Å². The lowest BCUT2D eigenvalue weighted by molar-refractivity contribution is 0.122. The number of hydrogen-bond donors (Lipinski definition) is 0. The van der Waals surface area contributed by atoms with E-state index in [0.717, 1.165) is 12.4 Å². The smallest absolute Gasteiger partial charge is 0.378 e. The fraction of sp³-hybridized carbons (Fsp3) is 0.600. The first-order valence-electron chi connectivity index (χ1n) is 11.5. The van der Waals surface area contributed by atoms with Gasteiger partial charge in [-0.2, -0.15) is 14.6 Å².